The summed E-state index contributed by atoms with van der Waals surface area (Å²) in [6.07, 6.45) is 4.96. The van der Waals surface area contributed by atoms with E-state index in [0.29, 0.717) is 12.8 Å². The van der Waals surface area contributed by atoms with E-state index in [1.165, 1.54) is 0 Å². The Labute approximate surface area is 172 Å². The Balaban J connectivity index is 1.36. The number of imidazole rings is 1. The fourth-order valence-corrected chi connectivity index (χ4v) is 3.78. The number of nitrogens with zero attached hydrogens (tertiary/aromatic N) is 2. The molecule has 0 aliphatic carbocycles. The SMILES string of the molecule is COc1cc(CCC(=O)Nc2ccc(-c3cn4ccsc4n3)cc2)cc(OC)c1. The number of amides is 1. The molecule has 148 valence electrons. The van der Waals surface area contributed by atoms with Crippen LogP contribution in [-0.4, -0.2) is 29.5 Å². The first-order valence-electron chi connectivity index (χ1n) is 9.19. The molecule has 4 aromatic rings. The molecule has 0 radical (unpaired) electrons. The minimum atomic E-state index is -0.0398. The van der Waals surface area contributed by atoms with Crippen LogP contribution in [-0.2, 0) is 11.2 Å². The van der Waals surface area contributed by atoms with Crippen LogP contribution < -0.4 is 14.8 Å². The summed E-state index contributed by atoms with van der Waals surface area (Å²) in [5, 5.41) is 4.95. The molecular weight excluding hydrogens is 386 g/mol. The summed E-state index contributed by atoms with van der Waals surface area (Å²) in [6.45, 7) is 0. The van der Waals surface area contributed by atoms with Crippen LogP contribution in [0, 0.1) is 0 Å². The second-order valence-electron chi connectivity index (χ2n) is 6.57. The fraction of sp³-hybridized carbons (Fsp3) is 0.182. The molecule has 2 aromatic heterocycles. The van der Waals surface area contributed by atoms with Crippen molar-refractivity contribution in [2.75, 3.05) is 19.5 Å². The first-order chi connectivity index (χ1) is 14.1. The molecule has 0 saturated carbocycles. The van der Waals surface area contributed by atoms with Gasteiger partial charge in [-0.1, -0.05) is 12.1 Å². The maximum Gasteiger partial charge on any atom is 0.224 e. The van der Waals surface area contributed by atoms with Gasteiger partial charge in [-0.3, -0.25) is 9.20 Å². The van der Waals surface area contributed by atoms with Gasteiger partial charge in [0.05, 0.1) is 19.9 Å². The molecule has 0 bridgehead atoms. The van der Waals surface area contributed by atoms with Crippen LogP contribution in [0.25, 0.3) is 16.2 Å². The van der Waals surface area contributed by atoms with Crippen LogP contribution in [0.1, 0.15) is 12.0 Å². The minimum Gasteiger partial charge on any atom is -0.497 e. The van der Waals surface area contributed by atoms with Gasteiger partial charge in [-0.25, -0.2) is 4.98 Å². The van der Waals surface area contributed by atoms with Crippen molar-refractivity contribution in [1.82, 2.24) is 9.38 Å². The summed E-state index contributed by atoms with van der Waals surface area (Å²) in [4.78, 5) is 17.9. The van der Waals surface area contributed by atoms with Gasteiger partial charge in [-0.15, -0.1) is 11.3 Å². The molecule has 0 aliphatic rings. The van der Waals surface area contributed by atoms with E-state index in [9.17, 15) is 4.79 Å². The number of aromatic nitrogens is 2. The third kappa shape index (κ3) is 4.41. The number of thiazole rings is 1. The number of ether oxygens (including phenoxy) is 2. The Morgan fingerprint density at radius 3 is 2.48 bits per heavy atom. The van der Waals surface area contributed by atoms with Gasteiger partial charge in [0, 0.05) is 41.5 Å². The summed E-state index contributed by atoms with van der Waals surface area (Å²) in [7, 11) is 3.23. The minimum absolute atomic E-state index is 0.0398. The molecule has 1 amide bonds. The maximum atomic E-state index is 12.3. The molecule has 6 nitrogen and oxygen atoms in total. The molecular formula is C22H21N3O3S. The van der Waals surface area contributed by atoms with Gasteiger partial charge in [-0.05, 0) is 36.2 Å². The lowest BCUT2D eigenvalue weighted by Crippen LogP contribution is -2.12. The average molecular weight is 407 g/mol. The standard InChI is InChI=1S/C22H21N3O3S/c1-27-18-11-15(12-19(13-18)28-2)3-8-21(26)23-17-6-4-16(5-7-17)20-14-25-9-10-29-22(25)24-20/h4-7,9-14H,3,8H2,1-2H3,(H,23,26). The number of aryl methyl sites for hydroxylation is 1. The number of fused-ring (bicyclic) bond motifs is 1. The van der Waals surface area contributed by atoms with Crippen molar-refractivity contribution in [1.29, 1.82) is 0 Å². The van der Waals surface area contributed by atoms with Crippen LogP contribution in [0.15, 0.2) is 60.2 Å². The smallest absolute Gasteiger partial charge is 0.224 e. The van der Waals surface area contributed by atoms with Crippen LogP contribution >= 0.6 is 11.3 Å². The number of hydrogen-bond acceptors (Lipinski definition) is 5. The monoisotopic (exact) mass is 407 g/mol. The molecule has 0 spiro atoms. The lowest BCUT2D eigenvalue weighted by Gasteiger charge is -2.09. The molecule has 2 aromatic carbocycles. The van der Waals surface area contributed by atoms with Crippen molar-refractivity contribution in [3.8, 4) is 22.8 Å². The largest absolute Gasteiger partial charge is 0.497 e. The van der Waals surface area contributed by atoms with E-state index in [1.807, 2.05) is 64.6 Å². The topological polar surface area (TPSA) is 64.9 Å². The van der Waals surface area contributed by atoms with Gasteiger partial charge in [-0.2, -0.15) is 0 Å². The summed E-state index contributed by atoms with van der Waals surface area (Å²) in [5.41, 5.74) is 3.69. The highest BCUT2D eigenvalue weighted by molar-refractivity contribution is 7.15. The first kappa shape index (κ1) is 19.0. The highest BCUT2D eigenvalue weighted by Gasteiger charge is 2.08. The zero-order chi connectivity index (χ0) is 20.2. The molecule has 0 atom stereocenters. The van der Waals surface area contributed by atoms with E-state index in [4.69, 9.17) is 9.47 Å². The Hall–Kier alpha value is -3.32. The Kier molecular flexibility index (Phi) is 5.48. The van der Waals surface area contributed by atoms with Crippen molar-refractivity contribution in [3.63, 3.8) is 0 Å². The number of anilines is 1. The highest BCUT2D eigenvalue weighted by atomic mass is 32.1. The maximum absolute atomic E-state index is 12.3. The number of methoxy groups -OCH3 is 2. The highest BCUT2D eigenvalue weighted by Crippen LogP contribution is 2.24. The van der Waals surface area contributed by atoms with E-state index in [0.717, 1.165) is 39.0 Å². The Morgan fingerprint density at radius 2 is 1.83 bits per heavy atom. The number of benzene rings is 2. The van der Waals surface area contributed by atoms with Gasteiger partial charge in [0.25, 0.3) is 0 Å². The van der Waals surface area contributed by atoms with Gasteiger partial charge in [0.1, 0.15) is 11.5 Å². The second-order valence-corrected chi connectivity index (χ2v) is 7.44. The predicted molar refractivity (Wildman–Crippen MR) is 115 cm³/mol. The van der Waals surface area contributed by atoms with Crippen LogP contribution in [0.3, 0.4) is 0 Å². The third-order valence-electron chi connectivity index (χ3n) is 4.61. The van der Waals surface area contributed by atoms with E-state index in [2.05, 4.69) is 10.3 Å². The first-order valence-corrected chi connectivity index (χ1v) is 10.1. The molecule has 29 heavy (non-hydrogen) atoms. The van der Waals surface area contributed by atoms with E-state index >= 15 is 0 Å². The normalized spacial score (nSPS) is 10.8. The molecule has 7 heteroatoms. The number of carbonyl (C=O) groups excluding carboxylic acids is 1. The van der Waals surface area contributed by atoms with E-state index in [1.54, 1.807) is 25.6 Å². The molecule has 0 aliphatic heterocycles. The Bertz CT molecular complexity index is 1080. The van der Waals surface area contributed by atoms with Gasteiger partial charge in [0.15, 0.2) is 4.96 Å². The zero-order valence-electron chi connectivity index (χ0n) is 16.2. The van der Waals surface area contributed by atoms with Gasteiger partial charge < -0.3 is 14.8 Å². The molecule has 4 rings (SSSR count). The van der Waals surface area contributed by atoms with Crippen molar-refractivity contribution in [3.05, 3.63) is 65.8 Å². The molecule has 1 N–H and O–H groups in total. The summed E-state index contributed by atoms with van der Waals surface area (Å²) < 4.78 is 12.6. The van der Waals surface area contributed by atoms with Crippen molar-refractivity contribution in [2.45, 2.75) is 12.8 Å². The molecule has 0 fully saturated rings. The van der Waals surface area contributed by atoms with Crippen molar-refractivity contribution < 1.29 is 14.3 Å². The van der Waals surface area contributed by atoms with Crippen molar-refractivity contribution in [2.24, 2.45) is 0 Å². The number of carbonyl (C=O) groups is 1. The Morgan fingerprint density at radius 1 is 1.10 bits per heavy atom. The summed E-state index contributed by atoms with van der Waals surface area (Å²) in [6, 6.07) is 13.4. The molecule has 2 heterocycles. The summed E-state index contributed by atoms with van der Waals surface area (Å²) >= 11 is 1.60. The number of hydrogen-bond donors (Lipinski definition) is 1. The summed E-state index contributed by atoms with van der Waals surface area (Å²) in [5.74, 6) is 1.39. The molecule has 0 saturated heterocycles. The average Bonchev–Trinajstić information content (AvgIpc) is 3.35. The lowest BCUT2D eigenvalue weighted by atomic mass is 10.1. The van der Waals surface area contributed by atoms with Gasteiger partial charge >= 0.3 is 0 Å². The molecule has 0 unspecified atom stereocenters. The van der Waals surface area contributed by atoms with Crippen LogP contribution in [0.4, 0.5) is 5.69 Å². The fourth-order valence-electron chi connectivity index (χ4n) is 3.08. The second kappa shape index (κ2) is 8.36. The van der Waals surface area contributed by atoms with Gasteiger partial charge in [0.2, 0.25) is 5.91 Å². The van der Waals surface area contributed by atoms with E-state index in [-0.39, 0.29) is 5.91 Å². The van der Waals surface area contributed by atoms with Crippen molar-refractivity contribution >= 4 is 27.9 Å². The predicted octanol–water partition coefficient (Wildman–Crippen LogP) is 4.65. The lowest BCUT2D eigenvalue weighted by molar-refractivity contribution is -0.116. The van der Waals surface area contributed by atoms with Crippen LogP contribution in [0.5, 0.6) is 11.5 Å². The van der Waals surface area contributed by atoms with Crippen LogP contribution in [0.2, 0.25) is 0 Å². The quantitative estimate of drug-likeness (QED) is 0.484. The zero-order valence-corrected chi connectivity index (χ0v) is 17.0. The third-order valence-corrected chi connectivity index (χ3v) is 5.38. The van der Waals surface area contributed by atoms with E-state index < -0.39 is 0 Å². The number of rotatable bonds is 7. The number of nitrogens with one attached hydrogen (secondary N) is 1.